The summed E-state index contributed by atoms with van der Waals surface area (Å²) >= 11 is 0. The highest BCUT2D eigenvalue weighted by molar-refractivity contribution is 6.05. The molecule has 21 heavy (non-hydrogen) atoms. The Morgan fingerprint density at radius 3 is 2.62 bits per heavy atom. The van der Waals surface area contributed by atoms with Crippen LogP contribution in [0.15, 0.2) is 36.7 Å². The first-order valence-electron chi connectivity index (χ1n) is 5.73. The molecule has 6 nitrogen and oxygen atoms in total. The van der Waals surface area contributed by atoms with E-state index >= 15 is 0 Å². The minimum absolute atomic E-state index is 0.376. The number of hydrogen-bond acceptors (Lipinski definition) is 4. The van der Waals surface area contributed by atoms with E-state index < -0.39 is 33.7 Å². The Bertz CT molecular complexity index is 707. The molecule has 2 aromatic rings. The number of nitro benzene ring substituents is 1. The molecule has 0 aliphatic heterocycles. The summed E-state index contributed by atoms with van der Waals surface area (Å²) < 4.78 is 27.3. The lowest BCUT2D eigenvalue weighted by Gasteiger charge is -2.17. The number of amides is 1. The number of carbonyl (C=O) groups is 1. The van der Waals surface area contributed by atoms with Crippen molar-refractivity contribution in [3.8, 4) is 0 Å². The van der Waals surface area contributed by atoms with Crippen LogP contribution in [-0.2, 0) is 0 Å². The second-order valence-electron chi connectivity index (χ2n) is 4.12. The lowest BCUT2D eigenvalue weighted by Crippen LogP contribution is -2.27. The van der Waals surface area contributed by atoms with Gasteiger partial charge in [0.15, 0.2) is 0 Å². The van der Waals surface area contributed by atoms with E-state index in [9.17, 15) is 23.7 Å². The summed E-state index contributed by atoms with van der Waals surface area (Å²) in [5, 5.41) is 10.5. The number of nitro groups is 1. The van der Waals surface area contributed by atoms with Gasteiger partial charge in [-0.05, 0) is 18.2 Å². The Morgan fingerprint density at radius 1 is 1.33 bits per heavy atom. The second kappa shape index (κ2) is 5.61. The third-order valence-corrected chi connectivity index (χ3v) is 2.80. The Balaban J connectivity index is 2.40. The van der Waals surface area contributed by atoms with Gasteiger partial charge in [0, 0.05) is 13.2 Å². The molecule has 0 fully saturated rings. The van der Waals surface area contributed by atoms with Gasteiger partial charge in [-0.2, -0.15) is 4.39 Å². The van der Waals surface area contributed by atoms with Gasteiger partial charge in [0.05, 0.1) is 28.4 Å². The standard InChI is InChI=1S/C13H9F2N3O3/c1-17(8-3-2-4-16-7-8)13(19)9-5-11(15)12(18(20)21)6-10(9)14/h2-7H,1H3. The van der Waals surface area contributed by atoms with E-state index in [0.29, 0.717) is 17.8 Å². The summed E-state index contributed by atoms with van der Waals surface area (Å²) in [5.41, 5.74) is -1.24. The first-order chi connectivity index (χ1) is 9.91. The van der Waals surface area contributed by atoms with Crippen LogP contribution in [0.3, 0.4) is 0 Å². The molecule has 0 bridgehead atoms. The molecule has 0 unspecified atom stereocenters. The number of anilines is 1. The highest BCUT2D eigenvalue weighted by Crippen LogP contribution is 2.23. The summed E-state index contributed by atoms with van der Waals surface area (Å²) in [6.07, 6.45) is 2.87. The van der Waals surface area contributed by atoms with Crippen molar-refractivity contribution in [1.29, 1.82) is 0 Å². The van der Waals surface area contributed by atoms with E-state index in [1.54, 1.807) is 12.1 Å². The fourth-order valence-electron chi connectivity index (χ4n) is 1.69. The molecule has 0 saturated heterocycles. The van der Waals surface area contributed by atoms with Crippen LogP contribution in [0.5, 0.6) is 0 Å². The lowest BCUT2D eigenvalue weighted by atomic mass is 10.1. The number of halogens is 2. The van der Waals surface area contributed by atoms with E-state index in [-0.39, 0.29) is 0 Å². The van der Waals surface area contributed by atoms with Gasteiger partial charge in [0.2, 0.25) is 5.82 Å². The summed E-state index contributed by atoms with van der Waals surface area (Å²) in [5.74, 6) is -3.28. The van der Waals surface area contributed by atoms with Crippen molar-refractivity contribution < 1.29 is 18.5 Å². The van der Waals surface area contributed by atoms with Crippen molar-refractivity contribution in [3.63, 3.8) is 0 Å². The Kier molecular flexibility index (Phi) is 3.88. The molecule has 1 heterocycles. The van der Waals surface area contributed by atoms with Crippen LogP contribution in [0, 0.1) is 21.7 Å². The molecule has 0 N–H and O–H groups in total. The Hall–Kier alpha value is -2.90. The number of nitrogens with zero attached hydrogens (tertiary/aromatic N) is 3. The molecule has 0 spiro atoms. The van der Waals surface area contributed by atoms with Crippen molar-refractivity contribution in [1.82, 2.24) is 4.98 Å². The fourth-order valence-corrected chi connectivity index (χ4v) is 1.69. The molecule has 1 aromatic heterocycles. The summed E-state index contributed by atoms with van der Waals surface area (Å²) in [4.78, 5) is 26.4. The highest BCUT2D eigenvalue weighted by atomic mass is 19.1. The minimum Gasteiger partial charge on any atom is -0.310 e. The molecule has 0 radical (unpaired) electrons. The first kappa shape index (κ1) is 14.5. The molecular weight excluding hydrogens is 284 g/mol. The zero-order valence-electron chi connectivity index (χ0n) is 10.8. The molecular formula is C13H9F2N3O3. The van der Waals surface area contributed by atoms with Crippen molar-refractivity contribution in [2.45, 2.75) is 0 Å². The van der Waals surface area contributed by atoms with Crippen LogP contribution in [0.4, 0.5) is 20.2 Å². The van der Waals surface area contributed by atoms with Gasteiger partial charge in [-0.25, -0.2) is 4.39 Å². The van der Waals surface area contributed by atoms with Crippen molar-refractivity contribution in [3.05, 3.63) is 64.0 Å². The molecule has 1 aromatic carbocycles. The number of carbonyl (C=O) groups excluding carboxylic acids is 1. The normalized spacial score (nSPS) is 10.2. The topological polar surface area (TPSA) is 76.3 Å². The van der Waals surface area contributed by atoms with Crippen molar-refractivity contribution in [2.75, 3.05) is 11.9 Å². The summed E-state index contributed by atoms with van der Waals surface area (Å²) in [6.45, 7) is 0. The van der Waals surface area contributed by atoms with Crippen LogP contribution < -0.4 is 4.90 Å². The zero-order chi connectivity index (χ0) is 15.6. The maximum Gasteiger partial charge on any atom is 0.307 e. The Labute approximate surface area is 117 Å². The molecule has 0 aliphatic rings. The van der Waals surface area contributed by atoms with Gasteiger partial charge < -0.3 is 4.90 Å². The average Bonchev–Trinajstić information content (AvgIpc) is 2.48. The highest BCUT2D eigenvalue weighted by Gasteiger charge is 2.24. The van der Waals surface area contributed by atoms with Gasteiger partial charge in [-0.15, -0.1) is 0 Å². The van der Waals surface area contributed by atoms with Gasteiger partial charge >= 0.3 is 5.69 Å². The van der Waals surface area contributed by atoms with Crippen LogP contribution in [0.25, 0.3) is 0 Å². The third-order valence-electron chi connectivity index (χ3n) is 2.80. The molecule has 108 valence electrons. The van der Waals surface area contributed by atoms with Crippen LogP contribution in [0.2, 0.25) is 0 Å². The summed E-state index contributed by atoms with van der Waals surface area (Å²) in [6, 6.07) is 4.04. The third kappa shape index (κ3) is 2.83. The smallest absolute Gasteiger partial charge is 0.307 e. The van der Waals surface area contributed by atoms with Crippen LogP contribution >= 0.6 is 0 Å². The molecule has 0 saturated carbocycles. The number of aromatic nitrogens is 1. The first-order valence-corrected chi connectivity index (χ1v) is 5.73. The van der Waals surface area contributed by atoms with Gasteiger partial charge in [0.25, 0.3) is 5.91 Å². The van der Waals surface area contributed by atoms with Crippen molar-refractivity contribution in [2.24, 2.45) is 0 Å². The lowest BCUT2D eigenvalue weighted by molar-refractivity contribution is -0.387. The van der Waals surface area contributed by atoms with E-state index in [1.807, 2.05) is 0 Å². The number of pyridine rings is 1. The number of hydrogen-bond donors (Lipinski definition) is 0. The SMILES string of the molecule is CN(C(=O)c1cc(F)c([N+](=O)[O-])cc1F)c1cccnc1. The molecule has 8 heteroatoms. The maximum absolute atomic E-state index is 13.8. The quantitative estimate of drug-likeness (QED) is 0.643. The molecule has 1 amide bonds. The fraction of sp³-hybridized carbons (Fsp3) is 0.0769. The molecule has 0 atom stereocenters. The molecule has 2 rings (SSSR count). The zero-order valence-corrected chi connectivity index (χ0v) is 10.8. The van der Waals surface area contributed by atoms with Crippen molar-refractivity contribution >= 4 is 17.3 Å². The molecule has 0 aliphatic carbocycles. The minimum atomic E-state index is -1.27. The van der Waals surface area contributed by atoms with E-state index in [0.717, 1.165) is 4.90 Å². The average molecular weight is 293 g/mol. The number of benzene rings is 1. The van der Waals surface area contributed by atoms with E-state index in [4.69, 9.17) is 0 Å². The monoisotopic (exact) mass is 293 g/mol. The second-order valence-corrected chi connectivity index (χ2v) is 4.12. The predicted molar refractivity (Wildman–Crippen MR) is 70.0 cm³/mol. The number of rotatable bonds is 3. The van der Waals surface area contributed by atoms with Crippen LogP contribution in [0.1, 0.15) is 10.4 Å². The largest absolute Gasteiger partial charge is 0.310 e. The van der Waals surface area contributed by atoms with E-state index in [2.05, 4.69) is 4.98 Å². The maximum atomic E-state index is 13.8. The Morgan fingerprint density at radius 2 is 2.05 bits per heavy atom. The van der Waals surface area contributed by atoms with Gasteiger partial charge in [-0.3, -0.25) is 19.9 Å². The summed E-state index contributed by atoms with van der Waals surface area (Å²) in [7, 11) is 1.36. The van der Waals surface area contributed by atoms with E-state index in [1.165, 1.54) is 19.4 Å². The van der Waals surface area contributed by atoms with Crippen LogP contribution in [-0.4, -0.2) is 22.9 Å². The van der Waals surface area contributed by atoms with Gasteiger partial charge in [0.1, 0.15) is 5.82 Å². The predicted octanol–water partition coefficient (Wildman–Crippen LogP) is 2.54. The van der Waals surface area contributed by atoms with Gasteiger partial charge in [-0.1, -0.05) is 0 Å².